The first-order valence-corrected chi connectivity index (χ1v) is 9.82. The van der Waals surface area contributed by atoms with Crippen molar-refractivity contribution in [2.24, 2.45) is 0 Å². The van der Waals surface area contributed by atoms with Gasteiger partial charge in [0.25, 0.3) is 5.91 Å². The third kappa shape index (κ3) is 3.83. The Bertz CT molecular complexity index is 862. The number of fused-ring (bicyclic) bond motifs is 1. The molecule has 126 valence electrons. The normalized spacial score (nSPS) is 17.1. The van der Waals surface area contributed by atoms with Crippen molar-refractivity contribution in [2.45, 2.75) is 17.9 Å². The fourth-order valence-corrected chi connectivity index (χ4v) is 3.95. The Balaban J connectivity index is 1.68. The van der Waals surface area contributed by atoms with Gasteiger partial charge in [0, 0.05) is 18.2 Å². The fraction of sp³-hybridized carbons (Fsp3) is 0.278. The molecule has 1 amide bonds. The third-order valence-corrected chi connectivity index (χ3v) is 5.43. The quantitative estimate of drug-likeness (QED) is 0.856. The molecule has 0 bridgehead atoms. The van der Waals surface area contributed by atoms with Crippen LogP contribution in [0.3, 0.4) is 0 Å². The standard InChI is InChI=1S/C18H20N2O3S/c1-24(22,23)17-9-5-4-8-16(17)19-18(21)13-20-11-10-14-6-2-3-7-15(14)12-20/h2-9H,10-13H2,1H3,(H,19,21)/p+1. The van der Waals surface area contributed by atoms with E-state index in [1.165, 1.54) is 22.1 Å². The maximum Gasteiger partial charge on any atom is 0.279 e. The van der Waals surface area contributed by atoms with Crippen LogP contribution in [0.2, 0.25) is 0 Å². The smallest absolute Gasteiger partial charge is 0.279 e. The summed E-state index contributed by atoms with van der Waals surface area (Å²) in [5.41, 5.74) is 2.98. The predicted molar refractivity (Wildman–Crippen MR) is 92.7 cm³/mol. The first-order valence-electron chi connectivity index (χ1n) is 7.93. The van der Waals surface area contributed by atoms with E-state index in [0.717, 1.165) is 25.8 Å². The molecule has 0 aromatic heterocycles. The van der Waals surface area contributed by atoms with E-state index in [4.69, 9.17) is 0 Å². The van der Waals surface area contributed by atoms with Crippen molar-refractivity contribution in [1.82, 2.24) is 0 Å². The Morgan fingerprint density at radius 3 is 2.50 bits per heavy atom. The van der Waals surface area contributed by atoms with Crippen LogP contribution in [0.1, 0.15) is 11.1 Å². The molecule has 0 saturated carbocycles. The summed E-state index contributed by atoms with van der Waals surface area (Å²) in [5.74, 6) is -0.166. The lowest BCUT2D eigenvalue weighted by atomic mass is 10.00. The topological polar surface area (TPSA) is 67.7 Å². The average Bonchev–Trinajstić information content (AvgIpc) is 2.54. The summed E-state index contributed by atoms with van der Waals surface area (Å²) >= 11 is 0. The second-order valence-corrected chi connectivity index (χ2v) is 8.17. The van der Waals surface area contributed by atoms with Gasteiger partial charge in [-0.3, -0.25) is 4.79 Å². The predicted octanol–water partition coefficient (Wildman–Crippen LogP) is 0.670. The Morgan fingerprint density at radius 2 is 1.75 bits per heavy atom. The monoisotopic (exact) mass is 345 g/mol. The minimum Gasteiger partial charge on any atom is -0.323 e. The summed E-state index contributed by atoms with van der Waals surface area (Å²) in [5, 5.41) is 2.75. The van der Waals surface area contributed by atoms with E-state index in [1.54, 1.807) is 18.2 Å². The summed E-state index contributed by atoms with van der Waals surface area (Å²) in [6.07, 6.45) is 2.10. The van der Waals surface area contributed by atoms with E-state index < -0.39 is 9.84 Å². The molecule has 5 nitrogen and oxygen atoms in total. The summed E-state index contributed by atoms with van der Waals surface area (Å²) in [6.45, 7) is 2.04. The van der Waals surface area contributed by atoms with Crippen LogP contribution in [0.25, 0.3) is 0 Å². The molecule has 3 rings (SSSR count). The first kappa shape index (κ1) is 16.7. The van der Waals surface area contributed by atoms with Crippen LogP contribution in [0, 0.1) is 0 Å². The van der Waals surface area contributed by atoms with Crippen molar-refractivity contribution >= 4 is 21.4 Å². The highest BCUT2D eigenvalue weighted by Gasteiger charge is 2.22. The largest absolute Gasteiger partial charge is 0.323 e. The molecule has 2 aromatic rings. The molecule has 0 fully saturated rings. The summed E-state index contributed by atoms with van der Waals surface area (Å²) in [7, 11) is -3.37. The van der Waals surface area contributed by atoms with Crippen molar-refractivity contribution in [1.29, 1.82) is 0 Å². The minimum atomic E-state index is -3.37. The molecule has 0 saturated heterocycles. The molecule has 0 aliphatic carbocycles. The van der Waals surface area contributed by atoms with Gasteiger partial charge in [-0.15, -0.1) is 0 Å². The highest BCUT2D eigenvalue weighted by atomic mass is 32.2. The zero-order valence-electron chi connectivity index (χ0n) is 13.6. The number of hydrogen-bond donors (Lipinski definition) is 2. The van der Waals surface area contributed by atoms with E-state index >= 15 is 0 Å². The van der Waals surface area contributed by atoms with Crippen LogP contribution >= 0.6 is 0 Å². The zero-order chi connectivity index (χ0) is 17.2. The van der Waals surface area contributed by atoms with Crippen LogP contribution < -0.4 is 10.2 Å². The van der Waals surface area contributed by atoms with Gasteiger partial charge < -0.3 is 10.2 Å². The number of carbonyl (C=O) groups excluding carboxylic acids is 1. The van der Waals surface area contributed by atoms with Gasteiger partial charge in [-0.05, 0) is 17.7 Å². The Labute approximate surface area is 142 Å². The summed E-state index contributed by atoms with van der Waals surface area (Å²) in [6, 6.07) is 14.8. The van der Waals surface area contributed by atoms with Crippen molar-refractivity contribution in [3.63, 3.8) is 0 Å². The van der Waals surface area contributed by atoms with Gasteiger partial charge in [-0.1, -0.05) is 36.4 Å². The lowest BCUT2D eigenvalue weighted by molar-refractivity contribution is -0.907. The Hall–Kier alpha value is -2.18. The van der Waals surface area contributed by atoms with Crippen LogP contribution in [0.15, 0.2) is 53.4 Å². The SMILES string of the molecule is CS(=O)(=O)c1ccccc1NC(=O)C[NH+]1CCc2ccccc2C1. The van der Waals surface area contributed by atoms with E-state index in [2.05, 4.69) is 17.4 Å². The molecule has 2 N–H and O–H groups in total. The number of amides is 1. The van der Waals surface area contributed by atoms with E-state index in [0.29, 0.717) is 12.2 Å². The average molecular weight is 345 g/mol. The molecule has 1 heterocycles. The number of nitrogens with one attached hydrogen (secondary N) is 2. The lowest BCUT2D eigenvalue weighted by Crippen LogP contribution is -3.12. The van der Waals surface area contributed by atoms with Crippen LogP contribution in [0.4, 0.5) is 5.69 Å². The van der Waals surface area contributed by atoms with Crippen molar-refractivity contribution in [3.05, 3.63) is 59.7 Å². The van der Waals surface area contributed by atoms with Crippen molar-refractivity contribution in [3.8, 4) is 0 Å². The van der Waals surface area contributed by atoms with Crippen LogP contribution in [0.5, 0.6) is 0 Å². The second kappa shape index (κ2) is 6.75. The molecule has 1 unspecified atom stereocenters. The summed E-state index contributed by atoms with van der Waals surface area (Å²) < 4.78 is 23.6. The molecular formula is C18H21N2O3S+. The highest BCUT2D eigenvalue weighted by Crippen LogP contribution is 2.20. The number of rotatable bonds is 4. The Morgan fingerprint density at radius 1 is 1.08 bits per heavy atom. The molecule has 1 aliphatic rings. The lowest BCUT2D eigenvalue weighted by Gasteiger charge is -2.25. The molecule has 1 aliphatic heterocycles. The van der Waals surface area contributed by atoms with Gasteiger partial charge in [-0.2, -0.15) is 0 Å². The molecule has 1 atom stereocenters. The number of para-hydroxylation sites is 1. The van der Waals surface area contributed by atoms with Crippen molar-refractivity contribution in [2.75, 3.05) is 24.7 Å². The van der Waals surface area contributed by atoms with Gasteiger partial charge >= 0.3 is 0 Å². The van der Waals surface area contributed by atoms with E-state index in [-0.39, 0.29) is 10.8 Å². The van der Waals surface area contributed by atoms with Crippen LogP contribution in [-0.2, 0) is 27.6 Å². The van der Waals surface area contributed by atoms with Gasteiger partial charge in [-0.25, -0.2) is 8.42 Å². The first-order chi connectivity index (χ1) is 11.4. The highest BCUT2D eigenvalue weighted by molar-refractivity contribution is 7.90. The molecule has 0 spiro atoms. The van der Waals surface area contributed by atoms with E-state index in [1.807, 2.05) is 12.1 Å². The van der Waals surface area contributed by atoms with Gasteiger partial charge in [0.2, 0.25) is 0 Å². The second-order valence-electron chi connectivity index (χ2n) is 6.19. The molecular weight excluding hydrogens is 324 g/mol. The number of anilines is 1. The van der Waals surface area contributed by atoms with Crippen molar-refractivity contribution < 1.29 is 18.1 Å². The molecule has 24 heavy (non-hydrogen) atoms. The van der Waals surface area contributed by atoms with Gasteiger partial charge in [0.05, 0.1) is 17.1 Å². The molecule has 6 heteroatoms. The summed E-state index contributed by atoms with van der Waals surface area (Å²) in [4.78, 5) is 13.7. The fourth-order valence-electron chi connectivity index (χ4n) is 3.11. The maximum atomic E-state index is 12.3. The number of quaternary nitrogens is 1. The van der Waals surface area contributed by atoms with Gasteiger partial charge in [0.1, 0.15) is 6.54 Å². The third-order valence-electron chi connectivity index (χ3n) is 4.28. The van der Waals surface area contributed by atoms with E-state index in [9.17, 15) is 13.2 Å². The number of sulfone groups is 1. The minimum absolute atomic E-state index is 0.150. The maximum absolute atomic E-state index is 12.3. The number of carbonyl (C=O) groups is 1. The van der Waals surface area contributed by atoms with Gasteiger partial charge in [0.15, 0.2) is 16.4 Å². The molecule has 0 radical (unpaired) electrons. The van der Waals surface area contributed by atoms with Crippen LogP contribution in [-0.4, -0.2) is 33.7 Å². The number of hydrogen-bond acceptors (Lipinski definition) is 3. The molecule has 2 aromatic carbocycles. The Kier molecular flexibility index (Phi) is 4.69. The zero-order valence-corrected chi connectivity index (χ0v) is 14.4. The number of benzene rings is 2.